The van der Waals surface area contributed by atoms with E-state index in [1.165, 1.54) is 0 Å². The third-order valence-corrected chi connectivity index (χ3v) is 3.00. The first-order chi connectivity index (χ1) is 9.60. The number of hydrogen-bond donors (Lipinski definition) is 1. The van der Waals surface area contributed by atoms with E-state index in [2.05, 4.69) is 5.32 Å². The fourth-order valence-electron chi connectivity index (χ4n) is 1.87. The first-order valence-electron chi connectivity index (χ1n) is 6.53. The van der Waals surface area contributed by atoms with Crippen LogP contribution in [-0.2, 0) is 6.54 Å². The van der Waals surface area contributed by atoms with Gasteiger partial charge < -0.3 is 10.1 Å². The molecule has 0 saturated heterocycles. The molecule has 0 fully saturated rings. The zero-order chi connectivity index (χ0) is 14.5. The molecule has 0 aliphatic heterocycles. The minimum atomic E-state index is -0.583. The maximum absolute atomic E-state index is 13.5. The Kier molecular flexibility index (Phi) is 4.69. The number of hydrogen-bond acceptors (Lipinski definition) is 2. The Balaban J connectivity index is 2.17. The van der Waals surface area contributed by atoms with Crippen molar-refractivity contribution in [1.82, 2.24) is 5.32 Å². The molecule has 0 atom stereocenters. The van der Waals surface area contributed by atoms with Crippen molar-refractivity contribution >= 4 is 0 Å². The lowest BCUT2D eigenvalue weighted by Gasteiger charge is -2.11. The Labute approximate surface area is 117 Å². The van der Waals surface area contributed by atoms with Crippen LogP contribution in [0.5, 0.6) is 11.5 Å². The molecule has 2 aromatic carbocycles. The summed E-state index contributed by atoms with van der Waals surface area (Å²) in [6.45, 7) is 5.67. The molecule has 0 spiro atoms. The Morgan fingerprint density at radius 3 is 2.60 bits per heavy atom. The molecule has 0 saturated carbocycles. The summed E-state index contributed by atoms with van der Waals surface area (Å²) in [5, 5.41) is 3.24. The molecular formula is C16H17F2NO. The predicted octanol–water partition coefficient (Wildman–Crippen LogP) is 4.18. The lowest BCUT2D eigenvalue weighted by molar-refractivity contribution is 0.436. The Morgan fingerprint density at radius 1 is 1.10 bits per heavy atom. The zero-order valence-corrected chi connectivity index (χ0v) is 11.5. The van der Waals surface area contributed by atoms with Gasteiger partial charge in [-0.05, 0) is 48.9 Å². The van der Waals surface area contributed by atoms with E-state index in [4.69, 9.17) is 4.74 Å². The molecule has 2 nitrogen and oxygen atoms in total. The Morgan fingerprint density at radius 2 is 1.90 bits per heavy atom. The molecule has 2 rings (SSSR count). The van der Waals surface area contributed by atoms with Gasteiger partial charge in [0.1, 0.15) is 11.6 Å². The molecule has 0 heterocycles. The predicted molar refractivity (Wildman–Crippen MR) is 75.0 cm³/mol. The van der Waals surface area contributed by atoms with Gasteiger partial charge in [-0.15, -0.1) is 0 Å². The number of benzene rings is 2. The topological polar surface area (TPSA) is 21.3 Å². The fourth-order valence-corrected chi connectivity index (χ4v) is 1.87. The highest BCUT2D eigenvalue weighted by atomic mass is 19.1. The molecule has 4 heteroatoms. The monoisotopic (exact) mass is 277 g/mol. The largest absolute Gasteiger partial charge is 0.454 e. The maximum Gasteiger partial charge on any atom is 0.165 e. The van der Waals surface area contributed by atoms with Crippen molar-refractivity contribution in [3.05, 3.63) is 59.2 Å². The van der Waals surface area contributed by atoms with Crippen LogP contribution in [-0.4, -0.2) is 6.54 Å². The van der Waals surface area contributed by atoms with Crippen LogP contribution in [0, 0.1) is 18.6 Å². The fraction of sp³-hybridized carbons (Fsp3) is 0.250. The van der Waals surface area contributed by atoms with E-state index in [1.54, 1.807) is 6.07 Å². The normalized spacial score (nSPS) is 10.6. The van der Waals surface area contributed by atoms with Crippen LogP contribution in [0.15, 0.2) is 36.4 Å². The lowest BCUT2D eigenvalue weighted by atomic mass is 10.1. The molecule has 0 unspecified atom stereocenters. The summed E-state index contributed by atoms with van der Waals surface area (Å²) < 4.78 is 32.0. The second-order valence-corrected chi connectivity index (χ2v) is 4.55. The van der Waals surface area contributed by atoms with Gasteiger partial charge in [-0.1, -0.05) is 13.0 Å². The van der Waals surface area contributed by atoms with Crippen LogP contribution in [0.4, 0.5) is 8.78 Å². The molecule has 0 amide bonds. The van der Waals surface area contributed by atoms with Crippen LogP contribution in [0.25, 0.3) is 0 Å². The summed E-state index contributed by atoms with van der Waals surface area (Å²) in [7, 11) is 0. The first kappa shape index (κ1) is 14.5. The molecule has 20 heavy (non-hydrogen) atoms. The van der Waals surface area contributed by atoms with Gasteiger partial charge in [0.05, 0.1) is 0 Å². The SMILES string of the molecule is CCNCc1ccc(Oc2cc(F)ccc2F)cc1C. The van der Waals surface area contributed by atoms with E-state index in [0.717, 1.165) is 42.4 Å². The number of aryl methyl sites for hydroxylation is 1. The average molecular weight is 277 g/mol. The van der Waals surface area contributed by atoms with Gasteiger partial charge in [-0.3, -0.25) is 0 Å². The highest BCUT2D eigenvalue weighted by Gasteiger charge is 2.07. The zero-order valence-electron chi connectivity index (χ0n) is 11.5. The van der Waals surface area contributed by atoms with Crippen LogP contribution in [0.2, 0.25) is 0 Å². The van der Waals surface area contributed by atoms with Gasteiger partial charge in [0.25, 0.3) is 0 Å². The molecule has 2 aromatic rings. The molecule has 0 radical (unpaired) electrons. The molecular weight excluding hydrogens is 260 g/mol. The lowest BCUT2D eigenvalue weighted by Crippen LogP contribution is -2.12. The van der Waals surface area contributed by atoms with E-state index in [-0.39, 0.29) is 5.75 Å². The van der Waals surface area contributed by atoms with E-state index < -0.39 is 11.6 Å². The Hall–Kier alpha value is -1.94. The van der Waals surface area contributed by atoms with Crippen LogP contribution in [0.1, 0.15) is 18.1 Å². The maximum atomic E-state index is 13.5. The first-order valence-corrected chi connectivity index (χ1v) is 6.53. The van der Waals surface area contributed by atoms with Crippen molar-refractivity contribution in [2.75, 3.05) is 6.54 Å². The molecule has 0 aliphatic carbocycles. The second kappa shape index (κ2) is 6.48. The number of ether oxygens (including phenoxy) is 1. The van der Waals surface area contributed by atoms with Crippen molar-refractivity contribution in [1.29, 1.82) is 0 Å². The van der Waals surface area contributed by atoms with E-state index in [0.29, 0.717) is 5.75 Å². The minimum Gasteiger partial charge on any atom is -0.454 e. The highest BCUT2D eigenvalue weighted by molar-refractivity contribution is 5.38. The summed E-state index contributed by atoms with van der Waals surface area (Å²) in [5.74, 6) is -0.723. The van der Waals surface area contributed by atoms with Gasteiger partial charge in [0, 0.05) is 12.6 Å². The Bertz CT molecular complexity index is 599. The molecule has 0 bridgehead atoms. The number of halogens is 2. The standard InChI is InChI=1S/C16H17F2NO/c1-3-19-10-12-4-6-14(8-11(12)2)20-16-9-13(17)5-7-15(16)18/h4-9,19H,3,10H2,1-2H3. The highest BCUT2D eigenvalue weighted by Crippen LogP contribution is 2.26. The third-order valence-electron chi connectivity index (χ3n) is 3.00. The van der Waals surface area contributed by atoms with E-state index in [9.17, 15) is 8.78 Å². The van der Waals surface area contributed by atoms with Crippen molar-refractivity contribution < 1.29 is 13.5 Å². The summed E-state index contributed by atoms with van der Waals surface area (Å²) >= 11 is 0. The van der Waals surface area contributed by atoms with Gasteiger partial charge >= 0.3 is 0 Å². The number of nitrogens with one attached hydrogen (secondary N) is 1. The quantitative estimate of drug-likeness (QED) is 0.885. The van der Waals surface area contributed by atoms with Crippen LogP contribution >= 0.6 is 0 Å². The molecule has 1 N–H and O–H groups in total. The molecule has 0 aromatic heterocycles. The summed E-state index contributed by atoms with van der Waals surface area (Å²) in [6, 6.07) is 8.65. The van der Waals surface area contributed by atoms with E-state index in [1.807, 2.05) is 26.0 Å². The van der Waals surface area contributed by atoms with Gasteiger partial charge in [0.15, 0.2) is 11.6 Å². The molecule has 0 aliphatic rings. The van der Waals surface area contributed by atoms with E-state index >= 15 is 0 Å². The van der Waals surface area contributed by atoms with Crippen molar-refractivity contribution in [2.45, 2.75) is 20.4 Å². The summed E-state index contributed by atoms with van der Waals surface area (Å²) in [4.78, 5) is 0. The van der Waals surface area contributed by atoms with Crippen molar-refractivity contribution in [3.8, 4) is 11.5 Å². The van der Waals surface area contributed by atoms with Crippen molar-refractivity contribution in [2.24, 2.45) is 0 Å². The second-order valence-electron chi connectivity index (χ2n) is 4.55. The van der Waals surface area contributed by atoms with Crippen molar-refractivity contribution in [3.63, 3.8) is 0 Å². The van der Waals surface area contributed by atoms with Crippen LogP contribution < -0.4 is 10.1 Å². The summed E-state index contributed by atoms with van der Waals surface area (Å²) in [6.07, 6.45) is 0. The van der Waals surface area contributed by atoms with Crippen LogP contribution in [0.3, 0.4) is 0 Å². The third kappa shape index (κ3) is 3.54. The van der Waals surface area contributed by atoms with Gasteiger partial charge in [-0.2, -0.15) is 0 Å². The average Bonchev–Trinajstić information content (AvgIpc) is 2.42. The smallest absolute Gasteiger partial charge is 0.165 e. The van der Waals surface area contributed by atoms with Gasteiger partial charge in [0.2, 0.25) is 0 Å². The molecule has 106 valence electrons. The minimum absolute atomic E-state index is 0.108. The number of rotatable bonds is 5. The van der Waals surface area contributed by atoms with Gasteiger partial charge in [-0.25, -0.2) is 8.78 Å². The summed E-state index contributed by atoms with van der Waals surface area (Å²) in [5.41, 5.74) is 2.19.